The first-order valence-electron chi connectivity index (χ1n) is 6.21. The summed E-state index contributed by atoms with van der Waals surface area (Å²) in [5.74, 6) is -1.34. The lowest BCUT2D eigenvalue weighted by molar-refractivity contribution is -0.385. The average molecular weight is 357 g/mol. The molecule has 1 aliphatic heterocycles. The molecule has 1 aromatic carbocycles. The van der Waals surface area contributed by atoms with Crippen LogP contribution in [0.1, 0.15) is 23.7 Å². The zero-order valence-electron chi connectivity index (χ0n) is 11.2. The van der Waals surface area contributed by atoms with E-state index in [9.17, 15) is 19.7 Å². The van der Waals surface area contributed by atoms with Crippen LogP contribution in [0.15, 0.2) is 22.7 Å². The molecule has 8 heteroatoms. The van der Waals surface area contributed by atoms with Crippen molar-refractivity contribution in [3.05, 3.63) is 38.3 Å². The smallest absolute Gasteiger partial charge is 0.311 e. The van der Waals surface area contributed by atoms with Gasteiger partial charge in [0.25, 0.3) is 11.6 Å². The van der Waals surface area contributed by atoms with Gasteiger partial charge in [0, 0.05) is 24.7 Å². The summed E-state index contributed by atoms with van der Waals surface area (Å²) in [5, 5.41) is 20.0. The Bertz CT molecular complexity index is 633. The predicted octanol–water partition coefficient (Wildman–Crippen LogP) is 2.29. The van der Waals surface area contributed by atoms with Gasteiger partial charge in [-0.3, -0.25) is 19.7 Å². The molecule has 1 unspecified atom stereocenters. The number of carbonyl (C=O) groups excluding carboxylic acids is 1. The Kier molecular flexibility index (Phi) is 3.99. The highest BCUT2D eigenvalue weighted by Gasteiger charge is 2.42. The first-order valence-corrected chi connectivity index (χ1v) is 7.00. The largest absolute Gasteiger partial charge is 0.481 e. The molecule has 0 saturated carbocycles. The van der Waals surface area contributed by atoms with Gasteiger partial charge >= 0.3 is 5.97 Å². The Hall–Kier alpha value is -1.96. The molecule has 21 heavy (non-hydrogen) atoms. The minimum absolute atomic E-state index is 0.102. The van der Waals surface area contributed by atoms with Crippen LogP contribution in [0.3, 0.4) is 0 Å². The fraction of sp³-hybridized carbons (Fsp3) is 0.385. The number of carbonyl (C=O) groups is 2. The SMILES string of the molecule is CC1(C(=O)O)CCN(C(=O)c2ccc(Br)c([N+](=O)[O-])c2)C1. The summed E-state index contributed by atoms with van der Waals surface area (Å²) in [7, 11) is 0. The number of halogens is 1. The highest BCUT2D eigenvalue weighted by atomic mass is 79.9. The van der Waals surface area contributed by atoms with Crippen LogP contribution in [0.5, 0.6) is 0 Å². The van der Waals surface area contributed by atoms with Gasteiger partial charge in [0.15, 0.2) is 0 Å². The molecule has 0 bridgehead atoms. The quantitative estimate of drug-likeness (QED) is 0.661. The standard InChI is InChI=1S/C13H13BrN2O5/c1-13(12(18)19)4-5-15(7-13)11(17)8-2-3-9(14)10(6-8)16(20)21/h2-3,6H,4-5,7H2,1H3,(H,18,19). The zero-order chi connectivity index (χ0) is 15.8. The van der Waals surface area contributed by atoms with E-state index in [4.69, 9.17) is 5.11 Å². The summed E-state index contributed by atoms with van der Waals surface area (Å²) >= 11 is 3.06. The lowest BCUT2D eigenvalue weighted by Gasteiger charge is -2.20. The van der Waals surface area contributed by atoms with Gasteiger partial charge in [0.05, 0.1) is 14.8 Å². The van der Waals surface area contributed by atoms with Gasteiger partial charge in [-0.25, -0.2) is 0 Å². The van der Waals surface area contributed by atoms with Crippen LogP contribution in [0.25, 0.3) is 0 Å². The van der Waals surface area contributed by atoms with Crippen LogP contribution in [-0.4, -0.2) is 39.9 Å². The molecule has 7 nitrogen and oxygen atoms in total. The molecule has 1 fully saturated rings. The van der Waals surface area contributed by atoms with E-state index in [1.807, 2.05) is 0 Å². The monoisotopic (exact) mass is 356 g/mol. The van der Waals surface area contributed by atoms with E-state index < -0.39 is 22.2 Å². The van der Waals surface area contributed by atoms with Gasteiger partial charge in [-0.1, -0.05) is 0 Å². The molecule has 1 N–H and O–H groups in total. The normalized spacial score (nSPS) is 21.3. The first-order chi connectivity index (χ1) is 9.74. The fourth-order valence-electron chi connectivity index (χ4n) is 2.28. The van der Waals surface area contributed by atoms with E-state index in [-0.39, 0.29) is 17.8 Å². The maximum Gasteiger partial charge on any atom is 0.311 e. The van der Waals surface area contributed by atoms with Gasteiger partial charge < -0.3 is 10.0 Å². The van der Waals surface area contributed by atoms with E-state index in [0.717, 1.165) is 0 Å². The number of hydrogen-bond donors (Lipinski definition) is 1. The minimum Gasteiger partial charge on any atom is -0.481 e. The molecular weight excluding hydrogens is 344 g/mol. The third kappa shape index (κ3) is 2.90. The van der Waals surface area contributed by atoms with Crippen molar-refractivity contribution in [2.45, 2.75) is 13.3 Å². The van der Waals surface area contributed by atoms with Crippen molar-refractivity contribution in [1.82, 2.24) is 4.90 Å². The summed E-state index contributed by atoms with van der Waals surface area (Å²) in [6.45, 7) is 2.02. The molecule has 1 aliphatic rings. The second-order valence-electron chi connectivity index (χ2n) is 5.27. The maximum atomic E-state index is 12.3. The van der Waals surface area contributed by atoms with Crippen LogP contribution < -0.4 is 0 Å². The highest BCUT2D eigenvalue weighted by molar-refractivity contribution is 9.10. The van der Waals surface area contributed by atoms with E-state index >= 15 is 0 Å². The van der Waals surface area contributed by atoms with Crippen LogP contribution in [0, 0.1) is 15.5 Å². The van der Waals surface area contributed by atoms with E-state index in [0.29, 0.717) is 17.4 Å². The fourth-order valence-corrected chi connectivity index (χ4v) is 2.67. The van der Waals surface area contributed by atoms with Gasteiger partial charge in [0.2, 0.25) is 0 Å². The Morgan fingerprint density at radius 3 is 2.67 bits per heavy atom. The molecule has 0 spiro atoms. The Balaban J connectivity index is 2.24. The molecule has 0 radical (unpaired) electrons. The topological polar surface area (TPSA) is 101 Å². The zero-order valence-corrected chi connectivity index (χ0v) is 12.8. The third-order valence-electron chi connectivity index (χ3n) is 3.67. The number of likely N-dealkylation sites (tertiary alicyclic amines) is 1. The minimum atomic E-state index is -0.961. The summed E-state index contributed by atoms with van der Waals surface area (Å²) in [6, 6.07) is 4.12. The van der Waals surface area contributed by atoms with Crippen LogP contribution in [0.2, 0.25) is 0 Å². The van der Waals surface area contributed by atoms with Crippen LogP contribution in [-0.2, 0) is 4.79 Å². The number of aliphatic carboxylic acids is 1. The van der Waals surface area contributed by atoms with Gasteiger partial charge in [-0.2, -0.15) is 0 Å². The number of nitrogens with zero attached hydrogens (tertiary/aromatic N) is 2. The number of nitro benzene ring substituents is 1. The van der Waals surface area contributed by atoms with Crippen molar-refractivity contribution < 1.29 is 19.6 Å². The van der Waals surface area contributed by atoms with Gasteiger partial charge in [-0.05, 0) is 41.4 Å². The lowest BCUT2D eigenvalue weighted by atomic mass is 9.90. The number of carboxylic acid groups (broad SMARTS) is 1. The number of nitro groups is 1. The highest BCUT2D eigenvalue weighted by Crippen LogP contribution is 2.32. The van der Waals surface area contributed by atoms with E-state index in [1.165, 1.54) is 23.1 Å². The van der Waals surface area contributed by atoms with Crippen molar-refractivity contribution in [1.29, 1.82) is 0 Å². The number of rotatable bonds is 3. The van der Waals surface area contributed by atoms with E-state index in [1.54, 1.807) is 6.92 Å². The summed E-state index contributed by atoms with van der Waals surface area (Å²) < 4.78 is 0.292. The van der Waals surface area contributed by atoms with Crippen LogP contribution >= 0.6 is 15.9 Å². The molecule has 1 aromatic rings. The summed E-state index contributed by atoms with van der Waals surface area (Å²) in [4.78, 5) is 35.2. The lowest BCUT2D eigenvalue weighted by Crippen LogP contribution is -2.34. The maximum absolute atomic E-state index is 12.3. The van der Waals surface area contributed by atoms with Crippen molar-refractivity contribution in [2.24, 2.45) is 5.41 Å². The molecule has 1 saturated heterocycles. The molecule has 0 aliphatic carbocycles. The molecule has 1 heterocycles. The average Bonchev–Trinajstić information content (AvgIpc) is 2.82. The Labute approximate surface area is 128 Å². The van der Waals surface area contributed by atoms with Crippen molar-refractivity contribution in [2.75, 3.05) is 13.1 Å². The third-order valence-corrected chi connectivity index (χ3v) is 4.34. The second-order valence-corrected chi connectivity index (χ2v) is 6.12. The Morgan fingerprint density at radius 1 is 1.48 bits per heavy atom. The van der Waals surface area contributed by atoms with E-state index in [2.05, 4.69) is 15.9 Å². The number of carboxylic acids is 1. The van der Waals surface area contributed by atoms with Crippen molar-refractivity contribution in [3.63, 3.8) is 0 Å². The van der Waals surface area contributed by atoms with Crippen molar-refractivity contribution in [3.8, 4) is 0 Å². The van der Waals surface area contributed by atoms with Gasteiger partial charge in [0.1, 0.15) is 0 Å². The van der Waals surface area contributed by atoms with Crippen molar-refractivity contribution >= 4 is 33.5 Å². The number of benzene rings is 1. The first kappa shape index (κ1) is 15.4. The summed E-state index contributed by atoms with van der Waals surface area (Å²) in [6.07, 6.45) is 0.368. The van der Waals surface area contributed by atoms with Gasteiger partial charge in [-0.15, -0.1) is 0 Å². The number of hydrogen-bond acceptors (Lipinski definition) is 4. The molecular formula is C13H13BrN2O5. The molecule has 2 rings (SSSR count). The number of amides is 1. The summed E-state index contributed by atoms with van der Waals surface area (Å²) in [5.41, 5.74) is -0.975. The Morgan fingerprint density at radius 2 is 2.14 bits per heavy atom. The van der Waals surface area contributed by atoms with Crippen LogP contribution in [0.4, 0.5) is 5.69 Å². The predicted molar refractivity (Wildman–Crippen MR) is 77.1 cm³/mol. The molecule has 112 valence electrons. The molecule has 0 aromatic heterocycles. The second kappa shape index (κ2) is 5.44. The molecule has 1 amide bonds. The molecule has 1 atom stereocenters.